The lowest BCUT2D eigenvalue weighted by Crippen LogP contribution is -2.24. The number of amides is 1. The minimum atomic E-state index is -0.555. The van der Waals surface area contributed by atoms with Crippen molar-refractivity contribution in [2.75, 3.05) is 6.54 Å². The molecule has 7 nitrogen and oxygen atoms in total. The second-order valence-electron chi connectivity index (χ2n) is 6.88. The van der Waals surface area contributed by atoms with E-state index in [0.29, 0.717) is 34.7 Å². The molecule has 162 valence electrons. The monoisotopic (exact) mass is 439 g/mol. The van der Waals surface area contributed by atoms with E-state index < -0.39 is 5.56 Å². The first kappa shape index (κ1) is 22.5. The van der Waals surface area contributed by atoms with Crippen LogP contribution in [0, 0.1) is 0 Å². The SMILES string of the molecule is CC=CC(=CC)c1nc2cc(C(=O)NCCCc3ncc[nH]3)ccc2nc1OC(C)Cl. The largest absolute Gasteiger partial charge is 0.457 e. The number of imidazole rings is 1. The molecule has 0 spiro atoms. The van der Waals surface area contributed by atoms with Gasteiger partial charge in [-0.3, -0.25) is 4.79 Å². The number of carbonyl (C=O) groups is 1. The molecule has 0 saturated carbocycles. The molecule has 0 bridgehead atoms. The summed E-state index contributed by atoms with van der Waals surface area (Å²) in [7, 11) is 0. The summed E-state index contributed by atoms with van der Waals surface area (Å²) in [6, 6.07) is 5.24. The first-order chi connectivity index (χ1) is 15.0. The third-order valence-corrected chi connectivity index (χ3v) is 4.62. The third-order valence-electron chi connectivity index (χ3n) is 4.53. The number of carbonyl (C=O) groups excluding carboxylic acids is 1. The number of fused-ring (bicyclic) bond motifs is 1. The number of aromatic amines is 1. The maximum absolute atomic E-state index is 12.6. The van der Waals surface area contributed by atoms with Crippen LogP contribution in [0.25, 0.3) is 16.6 Å². The number of halogens is 1. The Morgan fingerprint density at radius 2 is 2.13 bits per heavy atom. The van der Waals surface area contributed by atoms with Gasteiger partial charge in [0.1, 0.15) is 11.5 Å². The normalized spacial score (nSPS) is 13.0. The van der Waals surface area contributed by atoms with Gasteiger partial charge < -0.3 is 15.0 Å². The molecule has 8 heteroatoms. The van der Waals surface area contributed by atoms with Gasteiger partial charge in [0.25, 0.3) is 5.91 Å². The summed E-state index contributed by atoms with van der Waals surface area (Å²) in [5, 5.41) is 2.94. The van der Waals surface area contributed by atoms with E-state index in [1.165, 1.54) is 0 Å². The van der Waals surface area contributed by atoms with Gasteiger partial charge in [0.2, 0.25) is 5.88 Å². The van der Waals surface area contributed by atoms with Crippen LogP contribution in [-0.4, -0.2) is 38.0 Å². The number of benzene rings is 1. The van der Waals surface area contributed by atoms with Gasteiger partial charge in [0.15, 0.2) is 5.56 Å². The highest BCUT2D eigenvalue weighted by Crippen LogP contribution is 2.28. The van der Waals surface area contributed by atoms with Gasteiger partial charge in [-0.15, -0.1) is 0 Å². The standard InChI is InChI=1S/C23H26ClN5O2/c1-4-7-16(5-2)21-23(31-15(3)24)29-18-10-9-17(14-19(18)28-21)22(30)27-11-6-8-20-25-12-13-26-20/h4-5,7,9-10,12-15H,6,8,11H2,1-3H3,(H,25,26)(H,27,30). The first-order valence-corrected chi connectivity index (χ1v) is 10.6. The zero-order chi connectivity index (χ0) is 22.2. The van der Waals surface area contributed by atoms with Crippen molar-refractivity contribution in [1.29, 1.82) is 0 Å². The summed E-state index contributed by atoms with van der Waals surface area (Å²) in [4.78, 5) is 29.1. The summed E-state index contributed by atoms with van der Waals surface area (Å²) < 4.78 is 5.69. The Morgan fingerprint density at radius 1 is 1.29 bits per heavy atom. The van der Waals surface area contributed by atoms with Gasteiger partial charge in [0.05, 0.1) is 11.0 Å². The molecule has 2 N–H and O–H groups in total. The fraction of sp³-hybridized carbons (Fsp3) is 0.304. The maximum Gasteiger partial charge on any atom is 0.251 e. The van der Waals surface area contributed by atoms with Crippen LogP contribution in [0.1, 0.15) is 49.1 Å². The number of aromatic nitrogens is 4. The Balaban J connectivity index is 1.81. The highest BCUT2D eigenvalue weighted by molar-refractivity contribution is 6.19. The van der Waals surface area contributed by atoms with E-state index in [1.54, 1.807) is 37.5 Å². The Hall–Kier alpha value is -3.19. The summed E-state index contributed by atoms with van der Waals surface area (Å²) >= 11 is 6.03. The van der Waals surface area contributed by atoms with Gasteiger partial charge in [-0.05, 0) is 45.4 Å². The second-order valence-corrected chi connectivity index (χ2v) is 7.50. The van der Waals surface area contributed by atoms with Gasteiger partial charge in [-0.25, -0.2) is 15.0 Å². The number of aryl methyl sites for hydroxylation is 1. The Bertz CT molecular complexity index is 1090. The van der Waals surface area contributed by atoms with E-state index in [-0.39, 0.29) is 5.91 Å². The molecule has 1 aromatic carbocycles. The van der Waals surface area contributed by atoms with Crippen molar-refractivity contribution in [3.8, 4) is 5.88 Å². The van der Waals surface area contributed by atoms with Crippen LogP contribution in [0.2, 0.25) is 0 Å². The van der Waals surface area contributed by atoms with Crippen LogP contribution in [0.3, 0.4) is 0 Å². The van der Waals surface area contributed by atoms with E-state index in [0.717, 1.165) is 24.2 Å². The van der Waals surface area contributed by atoms with Crippen LogP contribution >= 0.6 is 11.6 Å². The van der Waals surface area contributed by atoms with Crippen LogP contribution < -0.4 is 10.1 Å². The number of hydrogen-bond donors (Lipinski definition) is 2. The molecule has 0 radical (unpaired) electrons. The number of nitrogens with one attached hydrogen (secondary N) is 2. The first-order valence-electron chi connectivity index (χ1n) is 10.2. The summed E-state index contributed by atoms with van der Waals surface area (Å²) in [5.41, 5.74) is 2.64. The minimum absolute atomic E-state index is 0.154. The lowest BCUT2D eigenvalue weighted by Gasteiger charge is -2.13. The van der Waals surface area contributed by atoms with Crippen molar-refractivity contribution >= 4 is 34.1 Å². The van der Waals surface area contributed by atoms with E-state index in [4.69, 9.17) is 21.3 Å². The summed E-state index contributed by atoms with van der Waals surface area (Å²) in [6.07, 6.45) is 10.9. The van der Waals surface area contributed by atoms with Crippen LogP contribution in [0.4, 0.5) is 0 Å². The summed E-state index contributed by atoms with van der Waals surface area (Å²) in [5.74, 6) is 1.11. The number of rotatable bonds is 9. The number of hydrogen-bond acceptors (Lipinski definition) is 5. The fourth-order valence-corrected chi connectivity index (χ4v) is 3.17. The third kappa shape index (κ3) is 5.92. The van der Waals surface area contributed by atoms with Gasteiger partial charge in [-0.2, -0.15) is 0 Å². The van der Waals surface area contributed by atoms with Crippen molar-refractivity contribution in [1.82, 2.24) is 25.3 Å². The average molecular weight is 440 g/mol. The molecular weight excluding hydrogens is 414 g/mol. The van der Waals surface area contributed by atoms with Gasteiger partial charge in [-0.1, -0.05) is 29.8 Å². The zero-order valence-corrected chi connectivity index (χ0v) is 18.6. The van der Waals surface area contributed by atoms with Crippen molar-refractivity contribution in [3.63, 3.8) is 0 Å². The number of alkyl halides is 1. The van der Waals surface area contributed by atoms with Gasteiger partial charge in [0, 0.05) is 36.5 Å². The molecular formula is C23H26ClN5O2. The Labute approximate surface area is 186 Å². The molecule has 2 aromatic heterocycles. The molecule has 0 fully saturated rings. The van der Waals surface area contributed by atoms with Crippen molar-refractivity contribution < 1.29 is 9.53 Å². The minimum Gasteiger partial charge on any atom is -0.457 e. The van der Waals surface area contributed by atoms with Crippen molar-refractivity contribution in [2.24, 2.45) is 0 Å². The Morgan fingerprint density at radius 3 is 2.81 bits per heavy atom. The molecule has 1 atom stereocenters. The zero-order valence-electron chi connectivity index (χ0n) is 17.9. The molecule has 3 rings (SSSR count). The molecule has 0 aliphatic rings. The van der Waals surface area contributed by atoms with E-state index in [2.05, 4.69) is 20.3 Å². The molecule has 1 unspecified atom stereocenters. The van der Waals surface area contributed by atoms with Crippen molar-refractivity contribution in [3.05, 3.63) is 65.9 Å². The number of ether oxygens (including phenoxy) is 1. The molecule has 0 saturated heterocycles. The number of allylic oxidation sites excluding steroid dienone is 4. The molecule has 3 aromatic rings. The number of nitrogens with zero attached hydrogens (tertiary/aromatic N) is 3. The summed E-state index contributed by atoms with van der Waals surface area (Å²) in [6.45, 7) is 6.12. The Kier molecular flexibility index (Phi) is 7.78. The van der Waals surface area contributed by atoms with Gasteiger partial charge >= 0.3 is 0 Å². The molecule has 0 aliphatic heterocycles. The predicted molar refractivity (Wildman–Crippen MR) is 123 cm³/mol. The maximum atomic E-state index is 12.6. The van der Waals surface area contributed by atoms with Crippen LogP contribution in [0.15, 0.2) is 48.8 Å². The van der Waals surface area contributed by atoms with E-state index >= 15 is 0 Å². The second kappa shape index (κ2) is 10.7. The van der Waals surface area contributed by atoms with Crippen molar-refractivity contribution in [2.45, 2.75) is 39.2 Å². The number of H-pyrrole nitrogens is 1. The predicted octanol–water partition coefficient (Wildman–Crippen LogP) is 4.66. The average Bonchev–Trinajstić information content (AvgIpc) is 3.27. The fourth-order valence-electron chi connectivity index (χ4n) is 3.09. The quantitative estimate of drug-likeness (QED) is 0.287. The van der Waals surface area contributed by atoms with Crippen LogP contribution in [0.5, 0.6) is 5.88 Å². The molecule has 31 heavy (non-hydrogen) atoms. The lowest BCUT2D eigenvalue weighted by atomic mass is 10.1. The molecule has 2 heterocycles. The smallest absolute Gasteiger partial charge is 0.251 e. The lowest BCUT2D eigenvalue weighted by molar-refractivity contribution is 0.0953. The van der Waals surface area contributed by atoms with E-state index in [9.17, 15) is 4.79 Å². The highest BCUT2D eigenvalue weighted by Gasteiger charge is 2.16. The van der Waals surface area contributed by atoms with E-state index in [1.807, 2.05) is 32.1 Å². The van der Waals surface area contributed by atoms with Crippen LogP contribution in [-0.2, 0) is 6.42 Å². The topological polar surface area (TPSA) is 92.8 Å². The molecule has 1 amide bonds. The highest BCUT2D eigenvalue weighted by atomic mass is 35.5. The molecule has 0 aliphatic carbocycles.